The Morgan fingerprint density at radius 2 is 2.21 bits per heavy atom. The predicted molar refractivity (Wildman–Crippen MR) is 65.9 cm³/mol. The van der Waals surface area contributed by atoms with Gasteiger partial charge in [-0.2, -0.15) is 4.98 Å². The third-order valence-corrected chi connectivity index (χ3v) is 2.93. The minimum Gasteiger partial charge on any atom is -0.483 e. The van der Waals surface area contributed by atoms with E-state index in [1.54, 1.807) is 6.07 Å². The third kappa shape index (κ3) is 1.77. The molecule has 0 spiro atoms. The molecule has 3 rings (SSSR count). The zero-order valence-corrected chi connectivity index (χ0v) is 10.1. The second-order valence-corrected chi connectivity index (χ2v) is 4.30. The lowest BCUT2D eigenvalue weighted by molar-refractivity contribution is 0.0685. The molecule has 1 aromatic carbocycles. The smallest absolute Gasteiger partial charge is 0.353 e. The van der Waals surface area contributed by atoms with Gasteiger partial charge in [-0.25, -0.2) is 4.79 Å². The summed E-state index contributed by atoms with van der Waals surface area (Å²) in [5.74, 6) is -0.295. The molecule has 0 amide bonds. The second kappa shape index (κ2) is 3.94. The standard InChI is InChI=1S/C13H10N2O4/c1-7-2-3-8-10(4-7)19-6-11-14-12(16)5-9(13(17)18)15(8)11/h2-5H,6H2,1H3,(H,17,18). The SMILES string of the molecule is Cc1ccc2c(c1)OCc1nc(=O)cc(C(=O)O)n1-2. The van der Waals surface area contributed by atoms with Crippen molar-refractivity contribution in [1.82, 2.24) is 9.55 Å². The summed E-state index contributed by atoms with van der Waals surface area (Å²) in [5.41, 5.74) is 0.899. The number of aryl methyl sites for hydroxylation is 1. The average Bonchev–Trinajstić information content (AvgIpc) is 2.36. The summed E-state index contributed by atoms with van der Waals surface area (Å²) in [7, 11) is 0. The van der Waals surface area contributed by atoms with Crippen LogP contribution in [-0.4, -0.2) is 20.6 Å². The van der Waals surface area contributed by atoms with Crippen LogP contribution >= 0.6 is 0 Å². The summed E-state index contributed by atoms with van der Waals surface area (Å²) < 4.78 is 6.95. The van der Waals surface area contributed by atoms with Gasteiger partial charge >= 0.3 is 5.97 Å². The number of rotatable bonds is 1. The minimum absolute atomic E-state index is 0.0762. The van der Waals surface area contributed by atoms with E-state index >= 15 is 0 Å². The first kappa shape index (κ1) is 11.5. The Hall–Kier alpha value is -2.63. The van der Waals surface area contributed by atoms with E-state index in [-0.39, 0.29) is 12.3 Å². The second-order valence-electron chi connectivity index (χ2n) is 4.30. The molecular formula is C13H10N2O4. The molecule has 0 fully saturated rings. The van der Waals surface area contributed by atoms with Crippen molar-refractivity contribution < 1.29 is 14.6 Å². The molecule has 0 saturated heterocycles. The Morgan fingerprint density at radius 1 is 1.42 bits per heavy atom. The van der Waals surface area contributed by atoms with Crippen molar-refractivity contribution in [3.05, 3.63) is 51.7 Å². The van der Waals surface area contributed by atoms with Crippen molar-refractivity contribution in [2.75, 3.05) is 0 Å². The van der Waals surface area contributed by atoms with Crippen molar-refractivity contribution in [2.24, 2.45) is 0 Å². The van der Waals surface area contributed by atoms with Crippen molar-refractivity contribution in [3.8, 4) is 11.4 Å². The molecule has 2 heterocycles. The van der Waals surface area contributed by atoms with Crippen LogP contribution < -0.4 is 10.3 Å². The highest BCUT2D eigenvalue weighted by atomic mass is 16.5. The molecule has 1 aromatic heterocycles. The molecule has 0 radical (unpaired) electrons. The molecule has 96 valence electrons. The van der Waals surface area contributed by atoms with E-state index in [9.17, 15) is 14.7 Å². The van der Waals surface area contributed by atoms with Gasteiger partial charge in [-0.15, -0.1) is 0 Å². The van der Waals surface area contributed by atoms with Gasteiger partial charge in [0.25, 0.3) is 5.56 Å². The number of ether oxygens (including phenoxy) is 1. The summed E-state index contributed by atoms with van der Waals surface area (Å²) in [4.78, 5) is 26.5. The Labute approximate surface area is 107 Å². The molecule has 6 heteroatoms. The predicted octanol–water partition coefficient (Wildman–Crippen LogP) is 1.13. The van der Waals surface area contributed by atoms with Crippen LogP contribution in [0.4, 0.5) is 0 Å². The van der Waals surface area contributed by atoms with Gasteiger partial charge in [0, 0.05) is 6.07 Å². The van der Waals surface area contributed by atoms with E-state index in [0.717, 1.165) is 11.6 Å². The van der Waals surface area contributed by atoms with E-state index in [4.69, 9.17) is 4.74 Å². The molecular weight excluding hydrogens is 248 g/mol. The Bertz CT molecular complexity index is 749. The number of benzene rings is 1. The number of carbonyl (C=O) groups is 1. The first-order valence-corrected chi connectivity index (χ1v) is 5.66. The maximum Gasteiger partial charge on any atom is 0.353 e. The van der Waals surface area contributed by atoms with Crippen molar-refractivity contribution in [3.63, 3.8) is 0 Å². The van der Waals surface area contributed by atoms with Gasteiger partial charge in [0.2, 0.25) is 0 Å². The molecule has 1 aliphatic rings. The van der Waals surface area contributed by atoms with Gasteiger partial charge in [-0.05, 0) is 24.6 Å². The van der Waals surface area contributed by atoms with Gasteiger partial charge in [0.15, 0.2) is 5.82 Å². The summed E-state index contributed by atoms with van der Waals surface area (Å²) in [6.07, 6.45) is 0. The maximum atomic E-state index is 11.4. The Morgan fingerprint density at radius 3 is 2.95 bits per heavy atom. The topological polar surface area (TPSA) is 81.4 Å². The Balaban J connectivity index is 2.36. The lowest BCUT2D eigenvalue weighted by Crippen LogP contribution is -2.27. The normalized spacial score (nSPS) is 12.3. The van der Waals surface area contributed by atoms with Crippen LogP contribution in [0.25, 0.3) is 5.69 Å². The van der Waals surface area contributed by atoms with E-state index in [1.165, 1.54) is 4.57 Å². The number of aromatic nitrogens is 2. The third-order valence-electron chi connectivity index (χ3n) is 2.93. The van der Waals surface area contributed by atoms with Gasteiger partial charge in [0.05, 0.1) is 5.69 Å². The number of fused-ring (bicyclic) bond motifs is 3. The quantitative estimate of drug-likeness (QED) is 0.829. The molecule has 0 aliphatic carbocycles. The summed E-state index contributed by atoms with van der Waals surface area (Å²) in [6.45, 7) is 1.99. The number of carboxylic acids is 1. The number of nitrogens with zero attached hydrogens (tertiary/aromatic N) is 2. The number of carboxylic acid groups (broad SMARTS) is 1. The van der Waals surface area contributed by atoms with E-state index < -0.39 is 11.5 Å². The molecule has 6 nitrogen and oxygen atoms in total. The fourth-order valence-corrected chi connectivity index (χ4v) is 2.12. The van der Waals surface area contributed by atoms with Crippen molar-refractivity contribution in [2.45, 2.75) is 13.5 Å². The highest BCUT2D eigenvalue weighted by Gasteiger charge is 2.23. The summed E-state index contributed by atoms with van der Waals surface area (Å²) in [6, 6.07) is 6.44. The molecule has 1 N–H and O–H groups in total. The number of aromatic carboxylic acids is 1. The fraction of sp³-hybridized carbons (Fsp3) is 0.154. The molecule has 2 aromatic rings. The number of hydrogen-bond acceptors (Lipinski definition) is 4. The average molecular weight is 258 g/mol. The first-order valence-electron chi connectivity index (χ1n) is 5.66. The lowest BCUT2D eigenvalue weighted by Gasteiger charge is -2.23. The Kier molecular flexibility index (Phi) is 2.38. The molecule has 19 heavy (non-hydrogen) atoms. The van der Waals surface area contributed by atoms with Crippen LogP contribution in [0.15, 0.2) is 29.1 Å². The molecule has 0 atom stereocenters. The van der Waals surface area contributed by atoms with Gasteiger partial charge in [-0.3, -0.25) is 9.36 Å². The lowest BCUT2D eigenvalue weighted by atomic mass is 10.1. The summed E-state index contributed by atoms with van der Waals surface area (Å²) in [5, 5.41) is 9.22. The van der Waals surface area contributed by atoms with Crippen LogP contribution in [-0.2, 0) is 6.61 Å². The van der Waals surface area contributed by atoms with Crippen LogP contribution in [0.5, 0.6) is 5.75 Å². The molecule has 0 bridgehead atoms. The summed E-state index contributed by atoms with van der Waals surface area (Å²) >= 11 is 0. The molecule has 0 unspecified atom stereocenters. The van der Waals surface area contributed by atoms with Crippen LogP contribution in [0.1, 0.15) is 21.9 Å². The van der Waals surface area contributed by atoms with Crippen LogP contribution in [0, 0.1) is 6.92 Å². The minimum atomic E-state index is -1.17. The highest BCUT2D eigenvalue weighted by Crippen LogP contribution is 2.30. The zero-order valence-electron chi connectivity index (χ0n) is 10.1. The highest BCUT2D eigenvalue weighted by molar-refractivity contribution is 5.86. The number of hydrogen-bond donors (Lipinski definition) is 1. The van der Waals surface area contributed by atoms with Crippen molar-refractivity contribution >= 4 is 5.97 Å². The molecule has 0 saturated carbocycles. The molecule has 1 aliphatic heterocycles. The fourth-order valence-electron chi connectivity index (χ4n) is 2.12. The van der Waals surface area contributed by atoms with Gasteiger partial charge in [0.1, 0.15) is 18.1 Å². The van der Waals surface area contributed by atoms with E-state index in [0.29, 0.717) is 17.3 Å². The van der Waals surface area contributed by atoms with Crippen molar-refractivity contribution in [1.29, 1.82) is 0 Å². The van der Waals surface area contributed by atoms with Gasteiger partial charge in [-0.1, -0.05) is 6.07 Å². The van der Waals surface area contributed by atoms with E-state index in [2.05, 4.69) is 4.98 Å². The van der Waals surface area contributed by atoms with Crippen LogP contribution in [0.2, 0.25) is 0 Å². The monoisotopic (exact) mass is 258 g/mol. The maximum absolute atomic E-state index is 11.4. The first-order chi connectivity index (χ1) is 9.06. The van der Waals surface area contributed by atoms with Gasteiger partial charge < -0.3 is 9.84 Å². The zero-order chi connectivity index (χ0) is 13.6. The van der Waals surface area contributed by atoms with E-state index in [1.807, 2.05) is 19.1 Å². The van der Waals surface area contributed by atoms with Crippen LogP contribution in [0.3, 0.4) is 0 Å². The largest absolute Gasteiger partial charge is 0.483 e.